The number of carbonyl (C=O) groups is 1. The molecule has 0 aliphatic rings. The lowest BCUT2D eigenvalue weighted by atomic mass is 10.1. The molecule has 2 aromatic rings. The van der Waals surface area contributed by atoms with Crippen LogP contribution in [-0.4, -0.2) is 5.91 Å². The number of carbonyl (C=O) groups excluding carboxylic acids is 1. The molecular formula is C15H10FNO. The van der Waals surface area contributed by atoms with Crippen LogP contribution in [0.2, 0.25) is 0 Å². The summed E-state index contributed by atoms with van der Waals surface area (Å²) in [6.45, 7) is 0. The first-order valence-corrected chi connectivity index (χ1v) is 5.33. The summed E-state index contributed by atoms with van der Waals surface area (Å²) in [4.78, 5) is 11.8. The van der Waals surface area contributed by atoms with Crippen molar-refractivity contribution in [2.75, 3.05) is 5.32 Å². The van der Waals surface area contributed by atoms with E-state index >= 15 is 0 Å². The van der Waals surface area contributed by atoms with Crippen LogP contribution in [0.3, 0.4) is 0 Å². The first-order chi connectivity index (χ1) is 8.70. The van der Waals surface area contributed by atoms with E-state index in [0.717, 1.165) is 0 Å². The number of benzene rings is 2. The minimum Gasteiger partial charge on any atom is -0.322 e. The Morgan fingerprint density at radius 1 is 1.17 bits per heavy atom. The quantitative estimate of drug-likeness (QED) is 0.802. The normalized spacial score (nSPS) is 9.56. The number of amides is 1. The van der Waals surface area contributed by atoms with Gasteiger partial charge in [-0.3, -0.25) is 4.79 Å². The van der Waals surface area contributed by atoms with Gasteiger partial charge in [0, 0.05) is 11.3 Å². The van der Waals surface area contributed by atoms with Gasteiger partial charge in [0.1, 0.15) is 5.82 Å². The Labute approximate surface area is 104 Å². The average molecular weight is 239 g/mol. The molecule has 0 saturated carbocycles. The van der Waals surface area contributed by atoms with Gasteiger partial charge in [0.25, 0.3) is 5.91 Å². The number of hydrogen-bond acceptors (Lipinski definition) is 1. The van der Waals surface area contributed by atoms with Crippen LogP contribution < -0.4 is 5.32 Å². The lowest BCUT2D eigenvalue weighted by Crippen LogP contribution is -2.13. The van der Waals surface area contributed by atoms with Crippen molar-refractivity contribution in [2.45, 2.75) is 0 Å². The maximum Gasteiger partial charge on any atom is 0.258 e. The second-order valence-corrected chi connectivity index (χ2v) is 3.66. The topological polar surface area (TPSA) is 29.1 Å². The Balaban J connectivity index is 2.22. The van der Waals surface area contributed by atoms with Crippen molar-refractivity contribution in [1.29, 1.82) is 0 Å². The molecule has 1 N–H and O–H groups in total. The zero-order chi connectivity index (χ0) is 13.0. The van der Waals surface area contributed by atoms with Crippen LogP contribution in [0, 0.1) is 18.2 Å². The van der Waals surface area contributed by atoms with Crippen LogP contribution in [0.5, 0.6) is 0 Å². The molecule has 18 heavy (non-hydrogen) atoms. The lowest BCUT2D eigenvalue weighted by Gasteiger charge is -2.06. The first-order valence-electron chi connectivity index (χ1n) is 5.33. The van der Waals surface area contributed by atoms with Crippen LogP contribution >= 0.6 is 0 Å². The SMILES string of the molecule is C#Cc1cccc(NC(=O)c2ccccc2F)c1. The second-order valence-electron chi connectivity index (χ2n) is 3.66. The summed E-state index contributed by atoms with van der Waals surface area (Å²) < 4.78 is 13.4. The van der Waals surface area contributed by atoms with Gasteiger partial charge in [0.05, 0.1) is 5.56 Å². The van der Waals surface area contributed by atoms with Gasteiger partial charge in [-0.1, -0.05) is 24.1 Å². The number of anilines is 1. The molecule has 0 radical (unpaired) electrons. The Hall–Kier alpha value is -2.60. The average Bonchev–Trinajstić information content (AvgIpc) is 2.39. The van der Waals surface area contributed by atoms with Crippen molar-refractivity contribution in [3.05, 3.63) is 65.5 Å². The van der Waals surface area contributed by atoms with Gasteiger partial charge in [-0.25, -0.2) is 4.39 Å². The van der Waals surface area contributed by atoms with Crippen LogP contribution in [0.4, 0.5) is 10.1 Å². The number of rotatable bonds is 2. The molecule has 0 fully saturated rings. The Morgan fingerprint density at radius 3 is 2.67 bits per heavy atom. The molecule has 0 bridgehead atoms. The lowest BCUT2D eigenvalue weighted by molar-refractivity contribution is 0.102. The first kappa shape index (κ1) is 11.9. The van der Waals surface area contributed by atoms with E-state index in [-0.39, 0.29) is 5.56 Å². The fraction of sp³-hybridized carbons (Fsp3) is 0. The summed E-state index contributed by atoms with van der Waals surface area (Å²) in [5.74, 6) is 1.42. The van der Waals surface area contributed by atoms with Crippen molar-refractivity contribution in [1.82, 2.24) is 0 Å². The number of halogens is 1. The van der Waals surface area contributed by atoms with Gasteiger partial charge < -0.3 is 5.32 Å². The highest BCUT2D eigenvalue weighted by atomic mass is 19.1. The predicted octanol–water partition coefficient (Wildman–Crippen LogP) is 3.06. The molecule has 2 rings (SSSR count). The Kier molecular flexibility index (Phi) is 3.40. The molecule has 0 saturated heterocycles. The fourth-order valence-corrected chi connectivity index (χ4v) is 1.53. The van der Waals surface area contributed by atoms with E-state index in [1.807, 2.05) is 0 Å². The third-order valence-electron chi connectivity index (χ3n) is 2.41. The standard InChI is InChI=1S/C15H10FNO/c1-2-11-6-5-7-12(10-11)17-15(18)13-8-3-4-9-14(13)16/h1,3-10H,(H,17,18). The highest BCUT2D eigenvalue weighted by Crippen LogP contribution is 2.13. The third-order valence-corrected chi connectivity index (χ3v) is 2.41. The van der Waals surface area contributed by atoms with Crippen molar-refractivity contribution < 1.29 is 9.18 Å². The van der Waals surface area contributed by atoms with Gasteiger partial charge >= 0.3 is 0 Å². The smallest absolute Gasteiger partial charge is 0.258 e. The molecule has 1 amide bonds. The van der Waals surface area contributed by atoms with E-state index in [1.165, 1.54) is 18.2 Å². The molecule has 2 aromatic carbocycles. The van der Waals surface area contributed by atoms with Crippen molar-refractivity contribution in [2.24, 2.45) is 0 Å². The van der Waals surface area contributed by atoms with E-state index in [1.54, 1.807) is 30.3 Å². The van der Waals surface area contributed by atoms with Crippen LogP contribution in [-0.2, 0) is 0 Å². The monoisotopic (exact) mass is 239 g/mol. The number of hydrogen-bond donors (Lipinski definition) is 1. The van der Waals surface area contributed by atoms with Gasteiger partial charge in [-0.15, -0.1) is 6.42 Å². The number of nitrogens with one attached hydrogen (secondary N) is 1. The molecule has 0 spiro atoms. The maximum absolute atomic E-state index is 13.4. The summed E-state index contributed by atoms with van der Waals surface area (Å²) in [6.07, 6.45) is 5.26. The molecule has 0 aliphatic carbocycles. The zero-order valence-corrected chi connectivity index (χ0v) is 9.48. The minimum absolute atomic E-state index is 0.00334. The van der Waals surface area contributed by atoms with Crippen molar-refractivity contribution in [3.63, 3.8) is 0 Å². The molecular weight excluding hydrogens is 229 g/mol. The summed E-state index contributed by atoms with van der Waals surface area (Å²) in [6, 6.07) is 12.6. The maximum atomic E-state index is 13.4. The second kappa shape index (κ2) is 5.15. The highest BCUT2D eigenvalue weighted by Gasteiger charge is 2.10. The van der Waals surface area contributed by atoms with Crippen molar-refractivity contribution in [3.8, 4) is 12.3 Å². The molecule has 0 unspecified atom stereocenters. The fourth-order valence-electron chi connectivity index (χ4n) is 1.53. The largest absolute Gasteiger partial charge is 0.322 e. The molecule has 0 aromatic heterocycles. The van der Waals surface area contributed by atoms with E-state index in [0.29, 0.717) is 11.3 Å². The van der Waals surface area contributed by atoms with Gasteiger partial charge in [0.15, 0.2) is 0 Å². The van der Waals surface area contributed by atoms with Crippen LogP contribution in [0.25, 0.3) is 0 Å². The number of terminal acetylenes is 1. The van der Waals surface area contributed by atoms with Crippen LogP contribution in [0.1, 0.15) is 15.9 Å². The van der Waals surface area contributed by atoms with Crippen LogP contribution in [0.15, 0.2) is 48.5 Å². The molecule has 88 valence electrons. The molecule has 0 heterocycles. The Morgan fingerprint density at radius 2 is 1.94 bits per heavy atom. The van der Waals surface area contributed by atoms with E-state index in [2.05, 4.69) is 11.2 Å². The van der Waals surface area contributed by atoms with Crippen molar-refractivity contribution >= 4 is 11.6 Å². The molecule has 3 heteroatoms. The Bertz CT molecular complexity index is 628. The van der Waals surface area contributed by atoms with Gasteiger partial charge in [-0.2, -0.15) is 0 Å². The van der Waals surface area contributed by atoms with Gasteiger partial charge in [0.2, 0.25) is 0 Å². The zero-order valence-electron chi connectivity index (χ0n) is 9.48. The summed E-state index contributed by atoms with van der Waals surface area (Å²) >= 11 is 0. The predicted molar refractivity (Wildman–Crippen MR) is 68.7 cm³/mol. The van der Waals surface area contributed by atoms with E-state index in [4.69, 9.17) is 6.42 Å². The third kappa shape index (κ3) is 2.55. The highest BCUT2D eigenvalue weighted by molar-refractivity contribution is 6.04. The van der Waals surface area contributed by atoms with Gasteiger partial charge in [-0.05, 0) is 30.3 Å². The summed E-state index contributed by atoms with van der Waals surface area (Å²) in [5.41, 5.74) is 1.20. The summed E-state index contributed by atoms with van der Waals surface area (Å²) in [5, 5.41) is 2.60. The molecule has 0 aliphatic heterocycles. The molecule has 2 nitrogen and oxygen atoms in total. The molecule has 0 atom stereocenters. The van der Waals surface area contributed by atoms with E-state index in [9.17, 15) is 9.18 Å². The minimum atomic E-state index is -0.553. The summed E-state index contributed by atoms with van der Waals surface area (Å²) in [7, 11) is 0. The van der Waals surface area contributed by atoms with E-state index < -0.39 is 11.7 Å².